The molecule has 5 unspecified atom stereocenters. The van der Waals surface area contributed by atoms with Crippen LogP contribution < -0.4 is 14.8 Å². The van der Waals surface area contributed by atoms with Gasteiger partial charge in [-0.3, -0.25) is 14.4 Å². The topological polar surface area (TPSA) is 135 Å². The minimum absolute atomic E-state index is 0.0478. The molecule has 2 heterocycles. The number of benzene rings is 1. The number of ether oxygens (including phenoxy) is 3. The van der Waals surface area contributed by atoms with Gasteiger partial charge in [-0.2, -0.15) is 0 Å². The molecule has 0 spiro atoms. The monoisotopic (exact) mass is 556 g/mol. The van der Waals surface area contributed by atoms with Gasteiger partial charge in [0.05, 0.1) is 31.8 Å². The Bertz CT molecular complexity index is 1120. The van der Waals surface area contributed by atoms with Crippen LogP contribution in [0.15, 0.2) is 23.8 Å². The van der Waals surface area contributed by atoms with Gasteiger partial charge in [-0.25, -0.2) is 0 Å². The Balaban J connectivity index is 1.51. The number of hydrogen-bond acceptors (Lipinski definition) is 8. The van der Waals surface area contributed by atoms with E-state index in [0.29, 0.717) is 60.0 Å². The SMILES string of the molecule is COc1cc(C=O)cc2c1OC1C2C(C(=O)NCCO)=CC(N(CC2CCCO2)C(=O)CCC2CCCC2)C1O. The van der Waals surface area contributed by atoms with Crippen molar-refractivity contribution >= 4 is 18.1 Å². The van der Waals surface area contributed by atoms with Gasteiger partial charge in [0, 0.05) is 42.8 Å². The van der Waals surface area contributed by atoms with Gasteiger partial charge in [-0.05, 0) is 43.4 Å². The third-order valence-corrected chi connectivity index (χ3v) is 8.76. The second-order valence-corrected chi connectivity index (χ2v) is 11.3. The van der Waals surface area contributed by atoms with Crippen molar-refractivity contribution in [1.82, 2.24) is 10.2 Å². The molecule has 0 aromatic heterocycles. The van der Waals surface area contributed by atoms with Gasteiger partial charge in [-0.1, -0.05) is 25.7 Å². The van der Waals surface area contributed by atoms with Crippen molar-refractivity contribution in [3.63, 3.8) is 0 Å². The first-order valence-electron chi connectivity index (χ1n) is 14.5. The van der Waals surface area contributed by atoms with Crippen LogP contribution in [0, 0.1) is 5.92 Å². The number of carbonyl (C=O) groups excluding carboxylic acids is 3. The first kappa shape index (κ1) is 28.6. The highest BCUT2D eigenvalue weighted by atomic mass is 16.5. The third-order valence-electron chi connectivity index (χ3n) is 8.76. The predicted molar refractivity (Wildman–Crippen MR) is 145 cm³/mol. The summed E-state index contributed by atoms with van der Waals surface area (Å²) < 4.78 is 17.6. The van der Waals surface area contributed by atoms with E-state index >= 15 is 0 Å². The number of amides is 2. The second kappa shape index (κ2) is 12.7. The number of aldehydes is 1. The normalized spacial score (nSPS) is 27.4. The third kappa shape index (κ3) is 5.75. The van der Waals surface area contributed by atoms with Gasteiger partial charge in [0.2, 0.25) is 11.8 Å². The molecule has 2 aliphatic carbocycles. The Morgan fingerprint density at radius 2 is 2.00 bits per heavy atom. The zero-order valence-electron chi connectivity index (χ0n) is 23.0. The summed E-state index contributed by atoms with van der Waals surface area (Å²) in [6.07, 6.45) is 7.77. The summed E-state index contributed by atoms with van der Waals surface area (Å²) in [5.41, 5.74) is 1.24. The quantitative estimate of drug-likeness (QED) is 0.353. The summed E-state index contributed by atoms with van der Waals surface area (Å²) in [5.74, 6) is 0.0400. The molecule has 1 aromatic rings. The minimum atomic E-state index is -1.15. The number of aliphatic hydroxyl groups is 2. The number of methoxy groups -OCH3 is 1. The maximum Gasteiger partial charge on any atom is 0.247 e. The molecule has 0 radical (unpaired) electrons. The van der Waals surface area contributed by atoms with Crippen LogP contribution in [0.3, 0.4) is 0 Å². The molecule has 4 aliphatic rings. The average molecular weight is 557 g/mol. The van der Waals surface area contributed by atoms with Crippen molar-refractivity contribution in [3.8, 4) is 11.5 Å². The lowest BCUT2D eigenvalue weighted by molar-refractivity contribution is -0.139. The van der Waals surface area contributed by atoms with E-state index in [9.17, 15) is 24.6 Å². The van der Waals surface area contributed by atoms with E-state index in [1.807, 2.05) is 0 Å². The molecular formula is C30H40N2O8. The number of aliphatic hydroxyl groups excluding tert-OH is 2. The van der Waals surface area contributed by atoms with Crippen LogP contribution in [-0.2, 0) is 14.3 Å². The molecule has 10 nitrogen and oxygen atoms in total. The number of fused-ring (bicyclic) bond motifs is 3. The second-order valence-electron chi connectivity index (χ2n) is 11.3. The molecule has 1 saturated heterocycles. The number of rotatable bonds is 11. The van der Waals surface area contributed by atoms with E-state index in [4.69, 9.17) is 14.2 Å². The van der Waals surface area contributed by atoms with Crippen LogP contribution in [0.4, 0.5) is 0 Å². The van der Waals surface area contributed by atoms with E-state index in [1.165, 1.54) is 20.0 Å². The lowest BCUT2D eigenvalue weighted by Gasteiger charge is -2.41. The molecule has 2 amide bonds. The van der Waals surface area contributed by atoms with E-state index < -0.39 is 30.1 Å². The van der Waals surface area contributed by atoms with E-state index in [2.05, 4.69) is 5.32 Å². The highest BCUT2D eigenvalue weighted by Gasteiger charge is 2.51. The molecule has 2 fully saturated rings. The first-order chi connectivity index (χ1) is 19.4. The number of nitrogens with zero attached hydrogens (tertiary/aromatic N) is 1. The highest BCUT2D eigenvalue weighted by Crippen LogP contribution is 2.51. The molecule has 1 saturated carbocycles. The fourth-order valence-corrected chi connectivity index (χ4v) is 6.73. The fraction of sp³-hybridized carbons (Fsp3) is 0.633. The van der Waals surface area contributed by atoms with Crippen LogP contribution in [0.1, 0.15) is 73.2 Å². The van der Waals surface area contributed by atoms with E-state index in [-0.39, 0.29) is 25.2 Å². The van der Waals surface area contributed by atoms with Crippen molar-refractivity contribution in [2.75, 3.05) is 33.4 Å². The lowest BCUT2D eigenvalue weighted by Crippen LogP contribution is -2.57. The van der Waals surface area contributed by atoms with Crippen LogP contribution in [-0.4, -0.2) is 91.0 Å². The Hall–Kier alpha value is -2.95. The summed E-state index contributed by atoms with van der Waals surface area (Å²) >= 11 is 0. The maximum absolute atomic E-state index is 13.8. The Morgan fingerprint density at radius 1 is 1.20 bits per heavy atom. The van der Waals surface area contributed by atoms with E-state index in [0.717, 1.165) is 32.1 Å². The predicted octanol–water partition coefficient (Wildman–Crippen LogP) is 2.11. The van der Waals surface area contributed by atoms with Crippen LogP contribution >= 0.6 is 0 Å². The zero-order valence-corrected chi connectivity index (χ0v) is 23.0. The van der Waals surface area contributed by atoms with Crippen molar-refractivity contribution < 1.29 is 38.8 Å². The van der Waals surface area contributed by atoms with Gasteiger partial charge in [0.15, 0.2) is 11.5 Å². The zero-order chi connectivity index (χ0) is 28.2. The van der Waals surface area contributed by atoms with Gasteiger partial charge in [0.1, 0.15) is 18.5 Å². The molecule has 1 aromatic carbocycles. The number of hydrogen-bond donors (Lipinski definition) is 3. The average Bonchev–Trinajstić information content (AvgIpc) is 3.75. The fourth-order valence-electron chi connectivity index (χ4n) is 6.73. The van der Waals surface area contributed by atoms with Gasteiger partial charge >= 0.3 is 0 Å². The van der Waals surface area contributed by atoms with Gasteiger partial charge in [0.25, 0.3) is 0 Å². The molecule has 40 heavy (non-hydrogen) atoms. The molecule has 10 heteroatoms. The molecule has 218 valence electrons. The van der Waals surface area contributed by atoms with Crippen molar-refractivity contribution in [2.45, 2.75) is 81.6 Å². The summed E-state index contributed by atoms with van der Waals surface area (Å²) in [7, 11) is 1.46. The molecule has 5 atom stereocenters. The van der Waals surface area contributed by atoms with Gasteiger partial charge < -0.3 is 34.6 Å². The largest absolute Gasteiger partial charge is 0.493 e. The smallest absolute Gasteiger partial charge is 0.247 e. The van der Waals surface area contributed by atoms with Gasteiger partial charge in [-0.15, -0.1) is 0 Å². The van der Waals surface area contributed by atoms with E-state index in [1.54, 1.807) is 23.1 Å². The van der Waals surface area contributed by atoms with Crippen molar-refractivity contribution in [2.24, 2.45) is 5.92 Å². The Labute approximate surface area is 234 Å². The first-order valence-corrected chi connectivity index (χ1v) is 14.5. The molecule has 5 rings (SSSR count). The summed E-state index contributed by atoms with van der Waals surface area (Å²) in [5, 5.41) is 23.8. The number of carbonyl (C=O) groups is 3. The lowest BCUT2D eigenvalue weighted by atomic mass is 9.77. The standard InChI is InChI=1S/C30H40N2O8/c1-38-24-14-19(17-34)13-21-26-22(30(37)31-10-11-33)15-23(27(36)29(26)40-28(21)24)32(16-20-7-4-12-39-20)25(35)9-8-18-5-2-3-6-18/h13-15,17-18,20,23,26-27,29,33,36H,2-12,16H2,1H3,(H,31,37). The summed E-state index contributed by atoms with van der Waals surface area (Å²) in [4.78, 5) is 40.6. The molecule has 2 aliphatic heterocycles. The Kier molecular flexibility index (Phi) is 9.07. The maximum atomic E-state index is 13.8. The molecular weight excluding hydrogens is 516 g/mol. The van der Waals surface area contributed by atoms with Crippen molar-refractivity contribution in [1.29, 1.82) is 0 Å². The van der Waals surface area contributed by atoms with Crippen LogP contribution in [0.5, 0.6) is 11.5 Å². The highest BCUT2D eigenvalue weighted by molar-refractivity contribution is 5.96. The Morgan fingerprint density at radius 3 is 2.67 bits per heavy atom. The van der Waals surface area contributed by atoms with Crippen LogP contribution in [0.25, 0.3) is 0 Å². The van der Waals surface area contributed by atoms with Crippen LogP contribution in [0.2, 0.25) is 0 Å². The molecule has 3 N–H and O–H groups in total. The summed E-state index contributed by atoms with van der Waals surface area (Å²) in [6.45, 7) is 0.761. The summed E-state index contributed by atoms with van der Waals surface area (Å²) in [6, 6.07) is 2.38. The van der Waals surface area contributed by atoms with Crippen molar-refractivity contribution in [3.05, 3.63) is 34.9 Å². The molecule has 0 bridgehead atoms. The number of nitrogens with one attached hydrogen (secondary N) is 1. The minimum Gasteiger partial charge on any atom is -0.493 e.